The molecule has 0 saturated heterocycles. The SMILES string of the molecule is CC(Cl)c1nc2ccccc2n1CCc1ccn(C)n1. The Balaban J connectivity index is 1.94. The van der Waals surface area contributed by atoms with E-state index in [0.717, 1.165) is 35.5 Å². The van der Waals surface area contributed by atoms with E-state index >= 15 is 0 Å². The Morgan fingerprint density at radius 3 is 2.75 bits per heavy atom. The van der Waals surface area contributed by atoms with Crippen LogP contribution in [0.1, 0.15) is 23.8 Å². The van der Waals surface area contributed by atoms with Crippen LogP contribution in [0, 0.1) is 0 Å². The number of aryl methyl sites for hydroxylation is 3. The fraction of sp³-hybridized carbons (Fsp3) is 0.333. The quantitative estimate of drug-likeness (QED) is 0.691. The van der Waals surface area contributed by atoms with Crippen LogP contribution < -0.4 is 0 Å². The molecule has 0 bridgehead atoms. The normalized spacial score (nSPS) is 12.9. The third kappa shape index (κ3) is 2.43. The van der Waals surface area contributed by atoms with Gasteiger partial charge in [0.2, 0.25) is 0 Å². The van der Waals surface area contributed by atoms with Crippen LogP contribution in [-0.4, -0.2) is 19.3 Å². The van der Waals surface area contributed by atoms with E-state index in [-0.39, 0.29) is 5.38 Å². The van der Waals surface area contributed by atoms with Gasteiger partial charge in [0.25, 0.3) is 0 Å². The number of hydrogen-bond donors (Lipinski definition) is 0. The molecule has 0 aliphatic heterocycles. The summed E-state index contributed by atoms with van der Waals surface area (Å²) < 4.78 is 4.02. The van der Waals surface area contributed by atoms with Crippen LogP contribution in [0.15, 0.2) is 36.5 Å². The number of rotatable bonds is 4. The zero-order chi connectivity index (χ0) is 14.1. The van der Waals surface area contributed by atoms with E-state index in [0.29, 0.717) is 0 Å². The molecule has 3 aromatic rings. The highest BCUT2D eigenvalue weighted by molar-refractivity contribution is 6.20. The maximum atomic E-state index is 6.26. The highest BCUT2D eigenvalue weighted by atomic mass is 35.5. The molecule has 0 aliphatic carbocycles. The maximum absolute atomic E-state index is 6.26. The van der Waals surface area contributed by atoms with Gasteiger partial charge in [-0.2, -0.15) is 5.10 Å². The van der Waals surface area contributed by atoms with Crippen LogP contribution in [0.5, 0.6) is 0 Å². The highest BCUT2D eigenvalue weighted by Crippen LogP contribution is 2.24. The van der Waals surface area contributed by atoms with Crippen LogP contribution >= 0.6 is 11.6 Å². The fourth-order valence-electron chi connectivity index (χ4n) is 2.46. The molecule has 0 radical (unpaired) electrons. The van der Waals surface area contributed by atoms with E-state index in [2.05, 4.69) is 20.7 Å². The summed E-state index contributed by atoms with van der Waals surface area (Å²) in [4.78, 5) is 4.64. The molecule has 3 rings (SSSR count). The van der Waals surface area contributed by atoms with Crippen LogP contribution in [0.3, 0.4) is 0 Å². The Morgan fingerprint density at radius 1 is 1.25 bits per heavy atom. The number of aromatic nitrogens is 4. The van der Waals surface area contributed by atoms with Crippen molar-refractivity contribution in [2.24, 2.45) is 7.05 Å². The molecule has 0 N–H and O–H groups in total. The molecule has 0 fully saturated rings. The molecule has 0 saturated carbocycles. The Morgan fingerprint density at radius 2 is 2.05 bits per heavy atom. The number of halogens is 1. The number of para-hydroxylation sites is 2. The van der Waals surface area contributed by atoms with Gasteiger partial charge in [0.15, 0.2) is 0 Å². The predicted octanol–water partition coefficient (Wildman–Crippen LogP) is 3.31. The van der Waals surface area contributed by atoms with Gasteiger partial charge in [0.1, 0.15) is 5.82 Å². The molecule has 5 heteroatoms. The molecule has 1 atom stereocenters. The van der Waals surface area contributed by atoms with E-state index < -0.39 is 0 Å². The summed E-state index contributed by atoms with van der Waals surface area (Å²) in [7, 11) is 1.93. The summed E-state index contributed by atoms with van der Waals surface area (Å²) in [5.74, 6) is 0.920. The zero-order valence-electron chi connectivity index (χ0n) is 11.6. The smallest absolute Gasteiger partial charge is 0.127 e. The molecule has 2 heterocycles. The van der Waals surface area contributed by atoms with Gasteiger partial charge in [-0.1, -0.05) is 12.1 Å². The zero-order valence-corrected chi connectivity index (χ0v) is 12.4. The summed E-state index contributed by atoms with van der Waals surface area (Å²) in [5.41, 5.74) is 3.21. The molecule has 104 valence electrons. The molecule has 0 amide bonds. The van der Waals surface area contributed by atoms with E-state index in [9.17, 15) is 0 Å². The molecule has 0 spiro atoms. The molecular weight excluding hydrogens is 272 g/mol. The first-order chi connectivity index (χ1) is 9.65. The molecule has 2 aromatic heterocycles. The Kier molecular flexibility index (Phi) is 3.49. The third-order valence-corrected chi connectivity index (χ3v) is 3.60. The van der Waals surface area contributed by atoms with Gasteiger partial charge in [-0.15, -0.1) is 11.6 Å². The van der Waals surface area contributed by atoms with Crippen molar-refractivity contribution in [1.29, 1.82) is 0 Å². The minimum Gasteiger partial charge on any atom is -0.326 e. The number of benzene rings is 1. The van der Waals surface area contributed by atoms with Crippen molar-refractivity contribution in [2.45, 2.75) is 25.3 Å². The van der Waals surface area contributed by atoms with Gasteiger partial charge in [-0.25, -0.2) is 4.98 Å². The van der Waals surface area contributed by atoms with E-state index in [1.54, 1.807) is 0 Å². The van der Waals surface area contributed by atoms with E-state index in [1.165, 1.54) is 0 Å². The fourth-order valence-corrected chi connectivity index (χ4v) is 2.62. The van der Waals surface area contributed by atoms with E-state index in [1.807, 2.05) is 49.1 Å². The van der Waals surface area contributed by atoms with Gasteiger partial charge < -0.3 is 4.57 Å². The summed E-state index contributed by atoms with van der Waals surface area (Å²) in [6.07, 6.45) is 2.84. The first-order valence-corrected chi connectivity index (χ1v) is 7.16. The number of alkyl halides is 1. The molecule has 20 heavy (non-hydrogen) atoms. The minimum absolute atomic E-state index is 0.105. The van der Waals surface area contributed by atoms with Gasteiger partial charge in [0, 0.05) is 26.2 Å². The second-order valence-electron chi connectivity index (χ2n) is 4.96. The predicted molar refractivity (Wildman–Crippen MR) is 80.9 cm³/mol. The monoisotopic (exact) mass is 288 g/mol. The molecule has 1 aromatic carbocycles. The molecule has 4 nitrogen and oxygen atoms in total. The third-order valence-electron chi connectivity index (χ3n) is 3.40. The van der Waals surface area contributed by atoms with Crippen molar-refractivity contribution in [1.82, 2.24) is 19.3 Å². The second-order valence-corrected chi connectivity index (χ2v) is 5.61. The lowest BCUT2D eigenvalue weighted by Gasteiger charge is -2.09. The lowest BCUT2D eigenvalue weighted by Crippen LogP contribution is -2.07. The summed E-state index contributed by atoms with van der Waals surface area (Å²) in [6.45, 7) is 2.80. The highest BCUT2D eigenvalue weighted by Gasteiger charge is 2.14. The average Bonchev–Trinajstić information content (AvgIpc) is 3.00. The summed E-state index contributed by atoms with van der Waals surface area (Å²) >= 11 is 6.26. The van der Waals surface area contributed by atoms with Crippen molar-refractivity contribution < 1.29 is 0 Å². The maximum Gasteiger partial charge on any atom is 0.127 e. The van der Waals surface area contributed by atoms with Gasteiger partial charge in [0.05, 0.1) is 22.1 Å². The van der Waals surface area contributed by atoms with Crippen molar-refractivity contribution >= 4 is 22.6 Å². The molecular formula is C15H17ClN4. The van der Waals surface area contributed by atoms with Crippen molar-refractivity contribution in [2.75, 3.05) is 0 Å². The Hall–Kier alpha value is -1.81. The first-order valence-electron chi connectivity index (χ1n) is 6.73. The minimum atomic E-state index is -0.105. The molecule has 1 unspecified atom stereocenters. The first kappa shape index (κ1) is 13.2. The number of hydrogen-bond acceptors (Lipinski definition) is 2. The largest absolute Gasteiger partial charge is 0.326 e. The van der Waals surface area contributed by atoms with Crippen LogP contribution in [-0.2, 0) is 20.0 Å². The van der Waals surface area contributed by atoms with Crippen LogP contribution in [0.25, 0.3) is 11.0 Å². The Bertz CT molecular complexity index is 726. The topological polar surface area (TPSA) is 35.6 Å². The number of nitrogens with zero attached hydrogens (tertiary/aromatic N) is 4. The van der Waals surface area contributed by atoms with Gasteiger partial charge in [-0.05, 0) is 25.1 Å². The van der Waals surface area contributed by atoms with Crippen molar-refractivity contribution in [3.05, 3.63) is 48.0 Å². The van der Waals surface area contributed by atoms with Crippen molar-refractivity contribution in [3.63, 3.8) is 0 Å². The average molecular weight is 289 g/mol. The van der Waals surface area contributed by atoms with Gasteiger partial charge in [-0.3, -0.25) is 4.68 Å². The standard InChI is InChI=1S/C15H17ClN4/c1-11(16)15-17-13-5-3-4-6-14(13)20(15)10-8-12-7-9-19(2)18-12/h3-7,9,11H,8,10H2,1-2H3. The second kappa shape index (κ2) is 5.29. The van der Waals surface area contributed by atoms with E-state index in [4.69, 9.17) is 11.6 Å². The summed E-state index contributed by atoms with van der Waals surface area (Å²) in [5, 5.41) is 4.31. The van der Waals surface area contributed by atoms with Gasteiger partial charge >= 0.3 is 0 Å². The van der Waals surface area contributed by atoms with Crippen LogP contribution in [0.4, 0.5) is 0 Å². The lowest BCUT2D eigenvalue weighted by molar-refractivity contribution is 0.647. The van der Waals surface area contributed by atoms with Crippen molar-refractivity contribution in [3.8, 4) is 0 Å². The summed E-state index contributed by atoms with van der Waals surface area (Å²) in [6, 6.07) is 10.2. The Labute approximate surface area is 123 Å². The molecule has 0 aliphatic rings. The lowest BCUT2D eigenvalue weighted by atomic mass is 10.3. The van der Waals surface area contributed by atoms with Crippen LogP contribution in [0.2, 0.25) is 0 Å². The number of imidazole rings is 1. The number of fused-ring (bicyclic) bond motifs is 1.